The lowest BCUT2D eigenvalue weighted by Gasteiger charge is -2.27. The lowest BCUT2D eigenvalue weighted by atomic mass is 9.99. The maximum atomic E-state index is 14.0. The molecule has 0 saturated carbocycles. The zero-order valence-electron chi connectivity index (χ0n) is 18.8. The normalized spacial score (nSPS) is 15.2. The van der Waals surface area contributed by atoms with E-state index < -0.39 is 18.2 Å². The van der Waals surface area contributed by atoms with Gasteiger partial charge in [0, 0.05) is 37.2 Å². The molecule has 1 aliphatic rings. The molecule has 10 heteroatoms. The van der Waals surface area contributed by atoms with Gasteiger partial charge >= 0.3 is 0 Å². The van der Waals surface area contributed by atoms with Crippen molar-refractivity contribution in [3.8, 4) is 0 Å². The van der Waals surface area contributed by atoms with Crippen LogP contribution in [-0.2, 0) is 0 Å². The minimum atomic E-state index is -1.02. The third-order valence-corrected chi connectivity index (χ3v) is 5.24. The van der Waals surface area contributed by atoms with Crippen LogP contribution in [0.4, 0.5) is 14.6 Å². The second-order valence-electron chi connectivity index (χ2n) is 7.50. The van der Waals surface area contributed by atoms with Crippen LogP contribution in [0.3, 0.4) is 0 Å². The largest absolute Gasteiger partial charge is 0.383 e. The molecule has 0 unspecified atom stereocenters. The van der Waals surface area contributed by atoms with Gasteiger partial charge in [-0.15, -0.1) is 0 Å². The number of halogens is 2. The van der Waals surface area contributed by atoms with E-state index in [9.17, 15) is 13.6 Å². The Bertz CT molecular complexity index is 1140. The standard InChI is InChI=1S/C24H27F2N7O/c1-2-3-4-20(25)21(26)15-31-23(32-28)19-13-18(14-30-22(19)27)16-7-11-33(12-8-16)24(34)17-5-9-29-10-6-17/h3-7,9-10,13-14H,2,8,11-12,15,28H2,1H3,(H2,27,30)(H,31,32)/b4-3-,21-20-. The van der Waals surface area contributed by atoms with Crippen molar-refractivity contribution in [2.24, 2.45) is 10.8 Å². The first-order chi connectivity index (χ1) is 16.4. The molecule has 2 aromatic heterocycles. The highest BCUT2D eigenvalue weighted by Crippen LogP contribution is 2.25. The predicted molar refractivity (Wildman–Crippen MR) is 129 cm³/mol. The van der Waals surface area contributed by atoms with Crippen molar-refractivity contribution in [3.63, 3.8) is 0 Å². The van der Waals surface area contributed by atoms with Crippen LogP contribution in [0.5, 0.6) is 0 Å². The van der Waals surface area contributed by atoms with Crippen molar-refractivity contribution >= 4 is 23.1 Å². The molecule has 0 fully saturated rings. The van der Waals surface area contributed by atoms with Crippen LogP contribution in [0.1, 0.15) is 41.3 Å². The summed E-state index contributed by atoms with van der Waals surface area (Å²) in [5.74, 6) is 3.73. The number of hydrogen-bond donors (Lipinski definition) is 3. The topological polar surface area (TPSA) is 123 Å². The van der Waals surface area contributed by atoms with Gasteiger partial charge in [-0.25, -0.2) is 19.6 Å². The van der Waals surface area contributed by atoms with E-state index in [1.165, 1.54) is 6.08 Å². The fourth-order valence-electron chi connectivity index (χ4n) is 3.38. The zero-order valence-corrected chi connectivity index (χ0v) is 18.8. The number of nitrogens with zero attached hydrogens (tertiary/aromatic N) is 4. The molecule has 1 aliphatic heterocycles. The Hall–Kier alpha value is -3.92. The number of amides is 1. The molecule has 0 aliphatic carbocycles. The number of carbonyl (C=O) groups is 1. The van der Waals surface area contributed by atoms with E-state index in [-0.39, 0.29) is 17.6 Å². The molecule has 5 N–H and O–H groups in total. The van der Waals surface area contributed by atoms with Crippen LogP contribution in [0.15, 0.2) is 71.7 Å². The molecule has 0 aromatic carbocycles. The van der Waals surface area contributed by atoms with Gasteiger partial charge in [0.15, 0.2) is 11.7 Å². The fourth-order valence-corrected chi connectivity index (χ4v) is 3.38. The molecule has 0 saturated heterocycles. The molecule has 0 bridgehead atoms. The van der Waals surface area contributed by atoms with E-state index in [4.69, 9.17) is 11.6 Å². The Morgan fingerprint density at radius 2 is 2.09 bits per heavy atom. The molecule has 0 atom stereocenters. The number of pyridine rings is 2. The third kappa shape index (κ3) is 6.10. The highest BCUT2D eigenvalue weighted by molar-refractivity contribution is 6.02. The van der Waals surface area contributed by atoms with Gasteiger partial charge in [-0.1, -0.05) is 19.1 Å². The van der Waals surface area contributed by atoms with Gasteiger partial charge in [-0.2, -0.15) is 0 Å². The molecule has 2 aromatic rings. The van der Waals surface area contributed by atoms with Gasteiger partial charge in [0.2, 0.25) is 0 Å². The number of allylic oxidation sites excluding steroid dienone is 3. The van der Waals surface area contributed by atoms with Crippen LogP contribution < -0.4 is 17.0 Å². The molecule has 3 heterocycles. The number of hydrazine groups is 1. The Balaban J connectivity index is 1.78. The molecule has 0 spiro atoms. The number of anilines is 1. The second-order valence-corrected chi connectivity index (χ2v) is 7.50. The number of nitrogens with one attached hydrogen (secondary N) is 1. The number of nitrogen functional groups attached to an aromatic ring is 1. The monoisotopic (exact) mass is 467 g/mol. The highest BCUT2D eigenvalue weighted by atomic mass is 19.2. The summed E-state index contributed by atoms with van der Waals surface area (Å²) < 4.78 is 27.8. The first-order valence-corrected chi connectivity index (χ1v) is 10.8. The maximum Gasteiger partial charge on any atom is 0.254 e. The summed E-state index contributed by atoms with van der Waals surface area (Å²) in [6, 6.07) is 5.10. The number of amidine groups is 1. The van der Waals surface area contributed by atoms with Crippen LogP contribution in [0.25, 0.3) is 5.57 Å². The van der Waals surface area contributed by atoms with Crippen molar-refractivity contribution < 1.29 is 13.6 Å². The minimum Gasteiger partial charge on any atom is -0.383 e. The van der Waals surface area contributed by atoms with Gasteiger partial charge < -0.3 is 16.1 Å². The molecule has 3 rings (SSSR count). The lowest BCUT2D eigenvalue weighted by Crippen LogP contribution is -2.34. The Labute approximate surface area is 196 Å². The Morgan fingerprint density at radius 1 is 1.32 bits per heavy atom. The number of carbonyl (C=O) groups excluding carboxylic acids is 1. The van der Waals surface area contributed by atoms with Crippen molar-refractivity contribution in [3.05, 3.63) is 83.4 Å². The van der Waals surface area contributed by atoms with Gasteiger partial charge in [0.1, 0.15) is 11.7 Å². The SMILES string of the molecule is CC/C=C\C(F)=C(\F)CN=C(NN)c1cc(C2=CCN(C(=O)c3ccncc3)CC2)cnc1N. The summed E-state index contributed by atoms with van der Waals surface area (Å²) in [5, 5.41) is 0. The van der Waals surface area contributed by atoms with Crippen LogP contribution in [0.2, 0.25) is 0 Å². The number of aliphatic imine (C=N–C) groups is 1. The van der Waals surface area contributed by atoms with Crippen LogP contribution in [-0.4, -0.2) is 46.2 Å². The van der Waals surface area contributed by atoms with E-state index in [0.717, 1.165) is 17.2 Å². The number of aromatic nitrogens is 2. The summed E-state index contributed by atoms with van der Waals surface area (Å²) in [6.07, 6.45) is 10.5. The number of rotatable bonds is 7. The smallest absolute Gasteiger partial charge is 0.254 e. The lowest BCUT2D eigenvalue weighted by molar-refractivity contribution is 0.0772. The van der Waals surface area contributed by atoms with E-state index >= 15 is 0 Å². The Kier molecular flexibility index (Phi) is 8.58. The highest BCUT2D eigenvalue weighted by Gasteiger charge is 2.20. The van der Waals surface area contributed by atoms with Gasteiger partial charge in [0.25, 0.3) is 5.91 Å². The minimum absolute atomic E-state index is 0.0633. The van der Waals surface area contributed by atoms with E-state index in [2.05, 4.69) is 20.4 Å². The van der Waals surface area contributed by atoms with Crippen LogP contribution in [0, 0.1) is 0 Å². The first-order valence-electron chi connectivity index (χ1n) is 10.8. The molecular formula is C24H27F2N7O. The summed E-state index contributed by atoms with van der Waals surface area (Å²) in [6.45, 7) is 2.24. The molecule has 1 amide bonds. The molecule has 8 nitrogen and oxygen atoms in total. The van der Waals surface area contributed by atoms with Gasteiger partial charge in [-0.3, -0.25) is 14.8 Å². The Morgan fingerprint density at radius 3 is 2.74 bits per heavy atom. The number of hydrogen-bond acceptors (Lipinski definition) is 6. The van der Waals surface area contributed by atoms with Crippen LogP contribution >= 0.6 is 0 Å². The van der Waals surface area contributed by atoms with Crippen molar-refractivity contribution in [1.29, 1.82) is 0 Å². The van der Waals surface area contributed by atoms with E-state index in [1.54, 1.807) is 41.7 Å². The summed E-state index contributed by atoms with van der Waals surface area (Å²) in [5.41, 5.74) is 11.1. The van der Waals surface area contributed by atoms with E-state index in [1.807, 2.05) is 13.0 Å². The van der Waals surface area contributed by atoms with Crippen molar-refractivity contribution in [2.45, 2.75) is 19.8 Å². The third-order valence-electron chi connectivity index (χ3n) is 5.24. The molecule has 0 radical (unpaired) electrons. The quantitative estimate of drug-likeness (QED) is 0.189. The molecule has 34 heavy (non-hydrogen) atoms. The molecule has 178 valence electrons. The van der Waals surface area contributed by atoms with Crippen molar-refractivity contribution in [2.75, 3.05) is 25.4 Å². The van der Waals surface area contributed by atoms with Gasteiger partial charge in [0.05, 0.1) is 12.1 Å². The zero-order chi connectivity index (χ0) is 24.5. The van der Waals surface area contributed by atoms with Gasteiger partial charge in [-0.05, 0) is 48.3 Å². The molecular weight excluding hydrogens is 440 g/mol. The fraction of sp³-hybridized carbons (Fsp3) is 0.250. The second kappa shape index (κ2) is 11.8. The first kappa shape index (κ1) is 24.7. The summed E-state index contributed by atoms with van der Waals surface area (Å²) in [7, 11) is 0. The maximum absolute atomic E-state index is 14.0. The van der Waals surface area contributed by atoms with Crippen molar-refractivity contribution in [1.82, 2.24) is 20.3 Å². The average molecular weight is 468 g/mol. The summed E-state index contributed by atoms with van der Waals surface area (Å²) >= 11 is 0. The summed E-state index contributed by atoms with van der Waals surface area (Å²) in [4.78, 5) is 26.6. The average Bonchev–Trinajstić information content (AvgIpc) is 2.88. The number of nitrogens with two attached hydrogens (primary N) is 2. The predicted octanol–water partition coefficient (Wildman–Crippen LogP) is 3.32. The van der Waals surface area contributed by atoms with E-state index in [0.29, 0.717) is 37.1 Å².